The molecule has 1 saturated carbocycles. The zero-order valence-corrected chi connectivity index (χ0v) is 18.2. The van der Waals surface area contributed by atoms with Gasteiger partial charge in [0.15, 0.2) is 12.4 Å². The fourth-order valence-electron chi connectivity index (χ4n) is 5.10. The molecule has 0 saturated heterocycles. The van der Waals surface area contributed by atoms with Crippen LogP contribution in [0.25, 0.3) is 11.0 Å². The molecule has 1 aliphatic carbocycles. The Morgan fingerprint density at radius 3 is 2.90 bits per heavy atom. The maximum absolute atomic E-state index is 12.4. The van der Waals surface area contributed by atoms with Gasteiger partial charge in [0, 0.05) is 5.69 Å². The number of aryl methyl sites for hydroxylation is 1. The van der Waals surface area contributed by atoms with Crippen molar-refractivity contribution in [2.75, 3.05) is 18.5 Å². The Balaban J connectivity index is 1.25. The predicted octanol–water partition coefficient (Wildman–Crippen LogP) is 3.09. The van der Waals surface area contributed by atoms with Gasteiger partial charge in [0.25, 0.3) is 5.91 Å². The second-order valence-electron chi connectivity index (χ2n) is 8.96. The third-order valence-corrected chi connectivity index (χ3v) is 6.69. The Morgan fingerprint density at radius 2 is 2.06 bits per heavy atom. The normalized spacial score (nSPS) is 19.2. The lowest BCUT2D eigenvalue weighted by Crippen LogP contribution is -3.15. The number of imidazole rings is 1. The molecule has 0 spiro atoms. The van der Waals surface area contributed by atoms with E-state index in [0.717, 1.165) is 41.4 Å². The largest absolute Gasteiger partial charge is 0.484 e. The lowest BCUT2D eigenvalue weighted by atomic mass is 9.94. The molecule has 1 fully saturated rings. The molecule has 162 valence electrons. The summed E-state index contributed by atoms with van der Waals surface area (Å²) in [6, 6.07) is 14.5. The Bertz CT molecular complexity index is 1080. The number of carbonyl (C=O) groups excluding carboxylic acids is 1. The number of aromatic nitrogens is 2. The molecule has 1 atom stereocenters. The van der Waals surface area contributed by atoms with E-state index in [9.17, 15) is 4.79 Å². The fourth-order valence-corrected chi connectivity index (χ4v) is 5.10. The molecule has 31 heavy (non-hydrogen) atoms. The molecular formula is C25H31N4O2+. The summed E-state index contributed by atoms with van der Waals surface area (Å²) in [4.78, 5) is 19.0. The highest BCUT2D eigenvalue weighted by Crippen LogP contribution is 2.22. The predicted molar refractivity (Wildman–Crippen MR) is 121 cm³/mol. The van der Waals surface area contributed by atoms with E-state index in [1.807, 2.05) is 43.3 Å². The molecular weight excluding hydrogens is 388 g/mol. The van der Waals surface area contributed by atoms with E-state index in [4.69, 9.17) is 9.72 Å². The molecule has 6 nitrogen and oxygen atoms in total. The van der Waals surface area contributed by atoms with Crippen molar-refractivity contribution in [3.05, 3.63) is 53.9 Å². The van der Waals surface area contributed by atoms with Crippen molar-refractivity contribution in [1.29, 1.82) is 0 Å². The highest BCUT2D eigenvalue weighted by atomic mass is 16.5. The first-order valence-corrected chi connectivity index (χ1v) is 11.5. The topological polar surface area (TPSA) is 60.6 Å². The molecule has 1 unspecified atom stereocenters. The van der Waals surface area contributed by atoms with Crippen LogP contribution in [0.5, 0.6) is 5.75 Å². The van der Waals surface area contributed by atoms with Crippen LogP contribution in [-0.4, -0.2) is 34.7 Å². The molecule has 1 aliphatic heterocycles. The summed E-state index contributed by atoms with van der Waals surface area (Å²) >= 11 is 0. The average molecular weight is 420 g/mol. The minimum Gasteiger partial charge on any atom is -0.484 e. The molecule has 3 aromatic rings. The SMILES string of the molecule is Cc1cccc(OCC(=O)Nc2ccc3c(c2)nc2n3CC[NH+](C3CCCCC3)C2)c1. The van der Waals surface area contributed by atoms with Crippen LogP contribution >= 0.6 is 0 Å². The summed E-state index contributed by atoms with van der Waals surface area (Å²) < 4.78 is 7.96. The molecule has 6 heteroatoms. The smallest absolute Gasteiger partial charge is 0.262 e. The van der Waals surface area contributed by atoms with E-state index in [-0.39, 0.29) is 12.5 Å². The van der Waals surface area contributed by atoms with E-state index in [2.05, 4.69) is 16.0 Å². The molecule has 5 rings (SSSR count). The first-order valence-electron chi connectivity index (χ1n) is 11.5. The monoisotopic (exact) mass is 419 g/mol. The fraction of sp³-hybridized carbons (Fsp3) is 0.440. The number of hydrogen-bond acceptors (Lipinski definition) is 3. The van der Waals surface area contributed by atoms with Crippen LogP contribution in [0.3, 0.4) is 0 Å². The number of benzene rings is 2. The van der Waals surface area contributed by atoms with E-state index < -0.39 is 0 Å². The Labute approximate surface area is 183 Å². The van der Waals surface area contributed by atoms with Gasteiger partial charge in [-0.1, -0.05) is 18.6 Å². The van der Waals surface area contributed by atoms with E-state index in [1.165, 1.54) is 44.5 Å². The first kappa shape index (κ1) is 20.1. The van der Waals surface area contributed by atoms with Crippen molar-refractivity contribution in [1.82, 2.24) is 9.55 Å². The second kappa shape index (κ2) is 8.71. The van der Waals surface area contributed by atoms with Gasteiger partial charge in [0.2, 0.25) is 0 Å². The van der Waals surface area contributed by atoms with Gasteiger partial charge in [0.05, 0.1) is 30.2 Å². The maximum Gasteiger partial charge on any atom is 0.262 e. The third kappa shape index (κ3) is 4.44. The van der Waals surface area contributed by atoms with Crippen molar-refractivity contribution in [2.45, 2.75) is 58.2 Å². The second-order valence-corrected chi connectivity index (χ2v) is 8.96. The summed E-state index contributed by atoms with van der Waals surface area (Å²) in [5.74, 6) is 1.71. The summed E-state index contributed by atoms with van der Waals surface area (Å²) in [5.41, 5.74) is 3.98. The first-order chi connectivity index (χ1) is 15.2. The highest BCUT2D eigenvalue weighted by Gasteiger charge is 2.30. The summed E-state index contributed by atoms with van der Waals surface area (Å²) in [7, 11) is 0. The molecule has 2 N–H and O–H groups in total. The molecule has 2 aromatic carbocycles. The van der Waals surface area contributed by atoms with Crippen LogP contribution in [0, 0.1) is 6.92 Å². The molecule has 0 bridgehead atoms. The number of amides is 1. The van der Waals surface area contributed by atoms with E-state index in [1.54, 1.807) is 4.90 Å². The number of fused-ring (bicyclic) bond motifs is 3. The van der Waals surface area contributed by atoms with Gasteiger partial charge in [-0.2, -0.15) is 0 Å². The number of nitrogens with zero attached hydrogens (tertiary/aromatic N) is 2. The van der Waals surface area contributed by atoms with Crippen molar-refractivity contribution < 1.29 is 14.4 Å². The number of rotatable bonds is 5. The van der Waals surface area contributed by atoms with Gasteiger partial charge < -0.3 is 19.5 Å². The Hall–Kier alpha value is -2.86. The zero-order chi connectivity index (χ0) is 21.2. The Kier molecular flexibility index (Phi) is 5.64. The lowest BCUT2D eigenvalue weighted by molar-refractivity contribution is -0.944. The third-order valence-electron chi connectivity index (χ3n) is 6.69. The van der Waals surface area contributed by atoms with Gasteiger partial charge in [-0.25, -0.2) is 4.98 Å². The van der Waals surface area contributed by atoms with Crippen LogP contribution in [0.1, 0.15) is 43.5 Å². The lowest BCUT2D eigenvalue weighted by Gasteiger charge is -2.34. The Morgan fingerprint density at radius 1 is 1.19 bits per heavy atom. The summed E-state index contributed by atoms with van der Waals surface area (Å²) in [6.45, 7) is 5.19. The molecule has 1 amide bonds. The van der Waals surface area contributed by atoms with E-state index >= 15 is 0 Å². The number of anilines is 1. The van der Waals surface area contributed by atoms with Crippen molar-refractivity contribution in [3.63, 3.8) is 0 Å². The standard InChI is InChI=1S/C25H30N4O2/c1-18-6-5-9-21(14-18)31-17-25(30)26-19-10-11-23-22(15-19)27-24-16-28(12-13-29(23)24)20-7-3-2-4-8-20/h5-6,9-11,14-15,20H,2-4,7-8,12-13,16-17H2,1H3,(H,26,30)/p+1. The van der Waals surface area contributed by atoms with Crippen LogP contribution in [0.2, 0.25) is 0 Å². The van der Waals surface area contributed by atoms with Crippen molar-refractivity contribution >= 4 is 22.6 Å². The van der Waals surface area contributed by atoms with Gasteiger partial charge in [-0.15, -0.1) is 0 Å². The number of ether oxygens (including phenoxy) is 1. The summed E-state index contributed by atoms with van der Waals surface area (Å²) in [6.07, 6.45) is 6.86. The zero-order valence-electron chi connectivity index (χ0n) is 18.2. The van der Waals surface area contributed by atoms with Crippen LogP contribution < -0.4 is 15.0 Å². The molecule has 0 radical (unpaired) electrons. The van der Waals surface area contributed by atoms with Gasteiger partial charge in [0.1, 0.15) is 12.3 Å². The molecule has 1 aromatic heterocycles. The van der Waals surface area contributed by atoms with Gasteiger partial charge in [-0.05, 0) is 68.5 Å². The van der Waals surface area contributed by atoms with Crippen molar-refractivity contribution in [3.8, 4) is 5.75 Å². The van der Waals surface area contributed by atoms with Crippen LogP contribution in [0.4, 0.5) is 5.69 Å². The average Bonchev–Trinajstić information content (AvgIpc) is 3.15. The number of nitrogens with one attached hydrogen (secondary N) is 2. The van der Waals surface area contributed by atoms with Gasteiger partial charge in [-0.3, -0.25) is 4.79 Å². The number of hydrogen-bond donors (Lipinski definition) is 2. The van der Waals surface area contributed by atoms with Crippen molar-refractivity contribution in [2.24, 2.45) is 0 Å². The highest BCUT2D eigenvalue weighted by molar-refractivity contribution is 5.94. The number of carbonyl (C=O) groups is 1. The molecule has 2 aliphatic rings. The quantitative estimate of drug-likeness (QED) is 0.668. The maximum atomic E-state index is 12.4. The summed E-state index contributed by atoms with van der Waals surface area (Å²) in [5, 5.41) is 2.94. The minimum absolute atomic E-state index is 0.0130. The molecule has 2 heterocycles. The van der Waals surface area contributed by atoms with Crippen LogP contribution in [-0.2, 0) is 17.9 Å². The van der Waals surface area contributed by atoms with E-state index in [0.29, 0.717) is 5.75 Å². The minimum atomic E-state index is -0.169. The van der Waals surface area contributed by atoms with Gasteiger partial charge >= 0.3 is 0 Å². The van der Waals surface area contributed by atoms with Crippen LogP contribution in [0.15, 0.2) is 42.5 Å². The number of quaternary nitrogens is 1.